The largest absolute Gasteiger partial charge is 0.394 e. The van der Waals surface area contributed by atoms with Crippen molar-refractivity contribution in [1.29, 1.82) is 0 Å². The topological polar surface area (TPSA) is 122 Å². The predicted octanol–water partition coefficient (Wildman–Crippen LogP) is 2.45. The maximum atomic E-state index is 14.6. The molecule has 1 aliphatic heterocycles. The van der Waals surface area contributed by atoms with Gasteiger partial charge in [-0.2, -0.15) is 16.7 Å². The van der Waals surface area contributed by atoms with E-state index in [9.17, 15) is 14.3 Å². The van der Waals surface area contributed by atoms with Crippen molar-refractivity contribution in [3.05, 3.63) is 41.8 Å². The van der Waals surface area contributed by atoms with E-state index >= 15 is 0 Å². The van der Waals surface area contributed by atoms with Crippen LogP contribution in [-0.2, 0) is 9.53 Å². The van der Waals surface area contributed by atoms with E-state index in [1.807, 2.05) is 36.0 Å². The molecular weight excluding hydrogens is 433 g/mol. The van der Waals surface area contributed by atoms with Gasteiger partial charge in [-0.25, -0.2) is 9.37 Å². The second-order valence-electron chi connectivity index (χ2n) is 8.59. The number of benzene rings is 1. The molecular formula is C22H26FN5O3S. The number of nitrogens with one attached hydrogen (secondary N) is 2. The highest BCUT2D eigenvalue weighted by Gasteiger charge is 2.55. The molecule has 2 heterocycles. The summed E-state index contributed by atoms with van der Waals surface area (Å²) in [6.45, 7) is 0.198. The van der Waals surface area contributed by atoms with E-state index in [-0.39, 0.29) is 60.8 Å². The van der Waals surface area contributed by atoms with Gasteiger partial charge in [-0.3, -0.25) is 4.79 Å². The molecule has 2 saturated carbocycles. The number of carbonyl (C=O) groups is 1. The van der Waals surface area contributed by atoms with E-state index in [4.69, 9.17) is 10.5 Å². The standard InChI is InChI=1S/C22H26FN5O3S/c23-15-9-25-22-26-13-3-1-2-11(6-13)16(31-5-4-29)10-32-17-8-12-7-14(17)19(18(12)20(24)30)27-21(15)28-22/h1-3,6,9,12,14,16-19,29H,4-5,7-8,10H2,(H2,24,30)(H2,25,26,27,28)/t12-,14-,16?,17-,18+,19-/m1/s1. The van der Waals surface area contributed by atoms with Crippen molar-refractivity contribution in [2.45, 2.75) is 30.2 Å². The maximum absolute atomic E-state index is 14.6. The SMILES string of the molecule is NC(=O)[C@H]1[C@@H]2C[C@H]3[C@H]1Nc1nc(ncc1F)Nc1cccc(c1)C(OCCO)CS[C@@H]3C2. The van der Waals surface area contributed by atoms with E-state index in [1.165, 1.54) is 0 Å². The van der Waals surface area contributed by atoms with Crippen molar-refractivity contribution in [1.82, 2.24) is 9.97 Å². The molecule has 5 rings (SSSR count). The number of nitrogens with zero attached hydrogens (tertiary/aromatic N) is 2. The number of hydrogen-bond donors (Lipinski definition) is 4. The molecule has 2 fully saturated rings. The van der Waals surface area contributed by atoms with Crippen molar-refractivity contribution in [2.75, 3.05) is 29.6 Å². The zero-order valence-electron chi connectivity index (χ0n) is 17.4. The van der Waals surface area contributed by atoms with Crippen LogP contribution in [-0.4, -0.2) is 51.2 Å². The van der Waals surface area contributed by atoms with Gasteiger partial charge in [0, 0.05) is 22.7 Å². The number of nitrogens with two attached hydrogens (primary N) is 1. The molecule has 2 aromatic rings. The van der Waals surface area contributed by atoms with Crippen LogP contribution in [0.1, 0.15) is 24.5 Å². The van der Waals surface area contributed by atoms with Gasteiger partial charge in [0.1, 0.15) is 0 Å². The van der Waals surface area contributed by atoms with E-state index in [0.29, 0.717) is 11.0 Å². The van der Waals surface area contributed by atoms with Gasteiger partial charge in [0.15, 0.2) is 11.6 Å². The second kappa shape index (κ2) is 8.84. The fourth-order valence-electron chi connectivity index (χ4n) is 5.38. The molecule has 3 aliphatic rings. The van der Waals surface area contributed by atoms with Crippen molar-refractivity contribution in [3.8, 4) is 0 Å². The zero-order valence-corrected chi connectivity index (χ0v) is 18.2. The number of rotatable bonds is 4. The van der Waals surface area contributed by atoms with Crippen LogP contribution in [0.25, 0.3) is 0 Å². The van der Waals surface area contributed by atoms with Crippen LogP contribution in [0.3, 0.4) is 0 Å². The molecule has 10 heteroatoms. The molecule has 8 nitrogen and oxygen atoms in total. The number of hydrogen-bond acceptors (Lipinski definition) is 8. The fourth-order valence-corrected chi connectivity index (χ4v) is 7.00. The summed E-state index contributed by atoms with van der Waals surface area (Å²) in [6, 6.07) is 7.46. The third-order valence-corrected chi connectivity index (χ3v) is 8.17. The van der Waals surface area contributed by atoms with Crippen LogP contribution in [0.15, 0.2) is 30.5 Å². The van der Waals surface area contributed by atoms with Gasteiger partial charge in [-0.1, -0.05) is 12.1 Å². The minimum absolute atomic E-state index is 0.0499. The maximum Gasteiger partial charge on any atom is 0.229 e. The molecule has 170 valence electrons. The number of aromatic nitrogens is 2. The van der Waals surface area contributed by atoms with E-state index in [0.717, 1.165) is 30.3 Å². The normalized spacial score (nSPS) is 30.8. The number of amides is 1. The van der Waals surface area contributed by atoms with E-state index in [1.54, 1.807) is 0 Å². The quantitative estimate of drug-likeness (QED) is 0.550. The Balaban J connectivity index is 1.53. The van der Waals surface area contributed by atoms with Gasteiger partial charge in [0.25, 0.3) is 0 Å². The minimum Gasteiger partial charge on any atom is -0.394 e. The van der Waals surface area contributed by atoms with Crippen molar-refractivity contribution in [2.24, 2.45) is 23.5 Å². The van der Waals surface area contributed by atoms with E-state index in [2.05, 4.69) is 20.6 Å². The molecule has 0 radical (unpaired) electrons. The van der Waals surface area contributed by atoms with Crippen molar-refractivity contribution in [3.63, 3.8) is 0 Å². The number of thioether (sulfide) groups is 1. The third kappa shape index (κ3) is 4.02. The summed E-state index contributed by atoms with van der Waals surface area (Å²) in [6.07, 6.45) is 2.70. The summed E-state index contributed by atoms with van der Waals surface area (Å²) in [5.74, 6) is 0.0963. The molecule has 5 N–H and O–H groups in total. The summed E-state index contributed by atoms with van der Waals surface area (Å²) in [5.41, 5.74) is 7.47. The molecule has 1 amide bonds. The Morgan fingerprint density at radius 2 is 2.25 bits per heavy atom. The zero-order chi connectivity index (χ0) is 22.2. The number of anilines is 3. The summed E-state index contributed by atoms with van der Waals surface area (Å²) >= 11 is 1.81. The number of fused-ring (bicyclic) bond motifs is 5. The Bertz CT molecular complexity index is 1010. The highest BCUT2D eigenvalue weighted by atomic mass is 32.2. The first-order valence-electron chi connectivity index (χ1n) is 10.8. The highest BCUT2D eigenvalue weighted by molar-refractivity contribution is 7.99. The summed E-state index contributed by atoms with van der Waals surface area (Å²) in [7, 11) is 0. The first kappa shape index (κ1) is 21.4. The van der Waals surface area contributed by atoms with Gasteiger partial charge >= 0.3 is 0 Å². The Morgan fingerprint density at radius 1 is 1.38 bits per heavy atom. The van der Waals surface area contributed by atoms with Gasteiger partial charge in [-0.15, -0.1) is 0 Å². The lowest BCUT2D eigenvalue weighted by atomic mass is 9.83. The van der Waals surface area contributed by atoms with Gasteiger partial charge in [-0.05, 0) is 42.4 Å². The minimum atomic E-state index is -0.566. The Morgan fingerprint density at radius 3 is 3.06 bits per heavy atom. The number of halogens is 1. The molecule has 6 bridgehead atoms. The first-order chi connectivity index (χ1) is 15.5. The monoisotopic (exact) mass is 459 g/mol. The summed E-state index contributed by atoms with van der Waals surface area (Å²) in [5, 5.41) is 15.9. The molecule has 32 heavy (non-hydrogen) atoms. The van der Waals surface area contributed by atoms with Crippen LogP contribution in [0.5, 0.6) is 0 Å². The molecule has 2 aliphatic carbocycles. The Labute approximate surface area is 189 Å². The lowest BCUT2D eigenvalue weighted by molar-refractivity contribution is -0.123. The van der Waals surface area contributed by atoms with Crippen molar-refractivity contribution >= 4 is 35.1 Å². The number of aliphatic hydroxyl groups is 1. The molecule has 0 spiro atoms. The first-order valence-corrected chi connectivity index (χ1v) is 11.9. The average molecular weight is 460 g/mol. The van der Waals surface area contributed by atoms with Gasteiger partial charge in [0.2, 0.25) is 11.9 Å². The van der Waals surface area contributed by atoms with Gasteiger partial charge < -0.3 is 26.2 Å². The Kier molecular flexibility index (Phi) is 5.92. The lowest BCUT2D eigenvalue weighted by Crippen LogP contribution is -2.46. The molecule has 1 unspecified atom stereocenters. The number of aliphatic hydroxyl groups excluding tert-OH is 1. The van der Waals surface area contributed by atoms with Crippen LogP contribution >= 0.6 is 11.8 Å². The predicted molar refractivity (Wildman–Crippen MR) is 120 cm³/mol. The summed E-state index contributed by atoms with van der Waals surface area (Å²) in [4.78, 5) is 20.7. The van der Waals surface area contributed by atoms with Crippen molar-refractivity contribution < 1.29 is 19.0 Å². The number of ether oxygens (including phenoxy) is 1. The third-order valence-electron chi connectivity index (χ3n) is 6.71. The fraction of sp³-hybridized carbons (Fsp3) is 0.500. The van der Waals surface area contributed by atoms with Crippen LogP contribution in [0.2, 0.25) is 0 Å². The number of carbonyl (C=O) groups excluding carboxylic acids is 1. The van der Waals surface area contributed by atoms with Gasteiger partial charge in [0.05, 0.1) is 31.4 Å². The second-order valence-corrected chi connectivity index (χ2v) is 9.86. The molecule has 1 aromatic heterocycles. The molecule has 1 aromatic carbocycles. The molecule has 6 atom stereocenters. The van der Waals surface area contributed by atoms with E-state index < -0.39 is 5.82 Å². The van der Waals surface area contributed by atoms with Crippen LogP contribution < -0.4 is 16.4 Å². The number of primary amides is 1. The highest BCUT2D eigenvalue weighted by Crippen LogP contribution is 2.54. The molecule has 0 saturated heterocycles. The van der Waals surface area contributed by atoms with Crippen LogP contribution in [0.4, 0.5) is 21.8 Å². The van der Waals surface area contributed by atoms with Crippen LogP contribution in [0, 0.1) is 23.6 Å². The smallest absolute Gasteiger partial charge is 0.229 e. The lowest BCUT2D eigenvalue weighted by Gasteiger charge is -2.35. The average Bonchev–Trinajstić information content (AvgIpc) is 3.34. The Hall–Kier alpha value is -2.43. The summed E-state index contributed by atoms with van der Waals surface area (Å²) < 4.78 is 20.5.